The molecule has 186 valence electrons. The van der Waals surface area contributed by atoms with E-state index in [0.717, 1.165) is 66.3 Å². The summed E-state index contributed by atoms with van der Waals surface area (Å²) in [6, 6.07) is 12.1. The maximum atomic E-state index is 12.6. The summed E-state index contributed by atoms with van der Waals surface area (Å²) in [6.07, 6.45) is 5.31. The predicted molar refractivity (Wildman–Crippen MR) is 142 cm³/mol. The van der Waals surface area contributed by atoms with Crippen molar-refractivity contribution in [2.75, 3.05) is 19.6 Å². The molecule has 36 heavy (non-hydrogen) atoms. The molecule has 1 N–H and O–H groups in total. The van der Waals surface area contributed by atoms with Gasteiger partial charge >= 0.3 is 0 Å². The van der Waals surface area contributed by atoms with E-state index in [1.165, 1.54) is 11.1 Å². The van der Waals surface area contributed by atoms with Gasteiger partial charge in [0.05, 0.1) is 19.2 Å². The molecule has 1 aromatic heterocycles. The molecule has 3 aromatic rings. The third-order valence-electron chi connectivity index (χ3n) is 6.81. The zero-order valence-electron chi connectivity index (χ0n) is 20.8. The quantitative estimate of drug-likeness (QED) is 0.414. The van der Waals surface area contributed by atoms with E-state index in [1.54, 1.807) is 11.3 Å². The molecular formula is C28H31N5O2S. The highest BCUT2D eigenvalue weighted by molar-refractivity contribution is 7.17. The Morgan fingerprint density at radius 2 is 2.00 bits per heavy atom. The zero-order chi connectivity index (χ0) is 25.1. The Morgan fingerprint density at radius 1 is 1.19 bits per heavy atom. The monoisotopic (exact) mass is 501 g/mol. The predicted octanol–water partition coefficient (Wildman–Crippen LogP) is 5.80. The first-order chi connectivity index (χ1) is 17.5. The molecule has 2 aromatic carbocycles. The van der Waals surface area contributed by atoms with Crippen molar-refractivity contribution in [2.24, 2.45) is 0 Å². The van der Waals surface area contributed by atoms with Gasteiger partial charge in [0.2, 0.25) is 11.6 Å². The highest BCUT2D eigenvalue weighted by atomic mass is 32.1. The van der Waals surface area contributed by atoms with Crippen LogP contribution in [0.1, 0.15) is 56.7 Å². The van der Waals surface area contributed by atoms with Gasteiger partial charge in [-0.05, 0) is 69.2 Å². The topological polar surface area (TPSA) is 71.7 Å². The van der Waals surface area contributed by atoms with Crippen LogP contribution in [-0.4, -0.2) is 46.7 Å². The lowest BCUT2D eigenvalue weighted by Crippen LogP contribution is -2.38. The largest absolute Gasteiger partial charge is 0.502 e. The van der Waals surface area contributed by atoms with Crippen LogP contribution in [-0.2, 0) is 11.2 Å². The number of ether oxygens (including phenoxy) is 1. The maximum Gasteiger partial charge on any atom is 0.236 e. The lowest BCUT2D eigenvalue weighted by molar-refractivity contribution is -0.129. The number of carbonyl (C=O) groups is 1. The average Bonchev–Trinajstić information content (AvgIpc) is 3.60. The van der Waals surface area contributed by atoms with Crippen LogP contribution in [0.25, 0.3) is 26.0 Å². The number of nitrogens with one attached hydrogen (secondary N) is 1. The number of benzene rings is 2. The van der Waals surface area contributed by atoms with Crippen LogP contribution in [0.15, 0.2) is 36.4 Å². The summed E-state index contributed by atoms with van der Waals surface area (Å²) < 4.78 is 5.76. The number of rotatable bonds is 7. The van der Waals surface area contributed by atoms with Crippen molar-refractivity contribution in [1.29, 1.82) is 0 Å². The Kier molecular flexibility index (Phi) is 7.30. The first-order valence-electron chi connectivity index (χ1n) is 12.7. The number of aromatic nitrogens is 2. The van der Waals surface area contributed by atoms with Gasteiger partial charge < -0.3 is 15.0 Å². The molecule has 2 aliphatic rings. The Balaban J connectivity index is 1.37. The fraction of sp³-hybridized carbons (Fsp3) is 0.429. The molecule has 0 spiro atoms. The van der Waals surface area contributed by atoms with Crippen LogP contribution in [0.3, 0.4) is 0 Å². The van der Waals surface area contributed by atoms with Gasteiger partial charge in [0.15, 0.2) is 0 Å². The Hall–Kier alpha value is -3.28. The third kappa shape index (κ3) is 5.13. The van der Waals surface area contributed by atoms with Gasteiger partial charge in [-0.15, -0.1) is 10.2 Å². The van der Waals surface area contributed by atoms with Crippen LogP contribution < -0.4 is 10.1 Å². The van der Waals surface area contributed by atoms with Crippen molar-refractivity contribution in [2.45, 2.75) is 58.1 Å². The van der Waals surface area contributed by atoms with E-state index in [-0.39, 0.29) is 18.1 Å². The summed E-state index contributed by atoms with van der Waals surface area (Å²) in [4.78, 5) is 18.2. The fourth-order valence-electron chi connectivity index (χ4n) is 5.09. The van der Waals surface area contributed by atoms with Crippen molar-refractivity contribution in [3.63, 3.8) is 0 Å². The highest BCUT2D eigenvalue weighted by Gasteiger charge is 2.25. The van der Waals surface area contributed by atoms with E-state index < -0.39 is 0 Å². The molecule has 1 atom stereocenters. The van der Waals surface area contributed by atoms with Crippen LogP contribution in [0, 0.1) is 6.57 Å². The van der Waals surface area contributed by atoms with Crippen molar-refractivity contribution in [3.05, 3.63) is 58.9 Å². The Morgan fingerprint density at radius 3 is 2.78 bits per heavy atom. The lowest BCUT2D eigenvalue weighted by Gasteiger charge is -2.28. The highest BCUT2D eigenvalue weighted by Crippen LogP contribution is 2.40. The van der Waals surface area contributed by atoms with Gasteiger partial charge in [0.1, 0.15) is 15.8 Å². The summed E-state index contributed by atoms with van der Waals surface area (Å²) in [5.74, 6) is 0.792. The standard InChI is InChI=1S/C28H31N5O2S/c1-18(2)35-25-13-12-19(16-24(25)29-3)27-31-32-28(36-27)22-10-6-9-21-20(22)8-7-11-23(21)30-17-26(34)33-14-4-5-15-33/h6,9-10,12-13,16,18,23,30H,4-5,7-8,11,14-15,17H2,1-2H3/t23-/m1/s1. The minimum Gasteiger partial charge on any atom is -0.502 e. The Bertz CT molecular complexity index is 1290. The molecule has 1 aliphatic carbocycles. The second-order valence-corrected chi connectivity index (χ2v) is 10.6. The third-order valence-corrected chi connectivity index (χ3v) is 7.82. The summed E-state index contributed by atoms with van der Waals surface area (Å²) in [5.41, 5.74) is 5.01. The minimum atomic E-state index is 0.00499. The second-order valence-electron chi connectivity index (χ2n) is 9.66. The number of amides is 1. The van der Waals surface area contributed by atoms with E-state index in [2.05, 4.69) is 38.6 Å². The fourth-order valence-corrected chi connectivity index (χ4v) is 5.98. The number of likely N-dealkylation sites (tertiary alicyclic amines) is 1. The summed E-state index contributed by atoms with van der Waals surface area (Å²) >= 11 is 1.54. The van der Waals surface area contributed by atoms with Gasteiger partial charge in [-0.25, -0.2) is 4.85 Å². The van der Waals surface area contributed by atoms with Gasteiger partial charge in [0.25, 0.3) is 0 Å². The SMILES string of the molecule is [C-]#[N+]c1cc(-c2nnc(-c3cccc4c3CCC[C@H]4NCC(=O)N3CCCC3)s2)ccc1OC(C)C. The van der Waals surface area contributed by atoms with Crippen LogP contribution in [0.2, 0.25) is 0 Å². The molecule has 1 amide bonds. The van der Waals surface area contributed by atoms with Crippen molar-refractivity contribution < 1.29 is 9.53 Å². The molecule has 0 bridgehead atoms. The normalized spacial score (nSPS) is 17.2. The molecule has 0 unspecified atom stereocenters. The van der Waals surface area contributed by atoms with E-state index in [0.29, 0.717) is 18.0 Å². The van der Waals surface area contributed by atoms with Crippen LogP contribution in [0.5, 0.6) is 5.75 Å². The number of hydrogen-bond donors (Lipinski definition) is 1. The molecule has 7 nitrogen and oxygen atoms in total. The van der Waals surface area contributed by atoms with E-state index >= 15 is 0 Å². The number of fused-ring (bicyclic) bond motifs is 1. The second kappa shape index (κ2) is 10.8. The van der Waals surface area contributed by atoms with Gasteiger partial charge in [-0.3, -0.25) is 4.79 Å². The van der Waals surface area contributed by atoms with Crippen molar-refractivity contribution in [1.82, 2.24) is 20.4 Å². The van der Waals surface area contributed by atoms with Crippen molar-refractivity contribution in [3.8, 4) is 26.9 Å². The Labute approximate surface area is 216 Å². The zero-order valence-corrected chi connectivity index (χ0v) is 21.6. The summed E-state index contributed by atoms with van der Waals surface area (Å²) in [6.45, 7) is 13.6. The molecule has 0 saturated carbocycles. The van der Waals surface area contributed by atoms with E-state index in [1.807, 2.05) is 36.9 Å². The minimum absolute atomic E-state index is 0.00499. The maximum absolute atomic E-state index is 12.6. The molecule has 8 heteroatoms. The van der Waals surface area contributed by atoms with Crippen LogP contribution in [0.4, 0.5) is 5.69 Å². The molecule has 1 aliphatic heterocycles. The van der Waals surface area contributed by atoms with Gasteiger partial charge in [-0.2, -0.15) is 0 Å². The molecule has 1 fully saturated rings. The number of hydrogen-bond acceptors (Lipinski definition) is 6. The summed E-state index contributed by atoms with van der Waals surface area (Å²) in [5, 5.41) is 14.2. The lowest BCUT2D eigenvalue weighted by atomic mass is 9.85. The molecule has 5 rings (SSSR count). The average molecular weight is 502 g/mol. The number of nitrogens with zero attached hydrogens (tertiary/aromatic N) is 4. The number of carbonyl (C=O) groups excluding carboxylic acids is 1. The smallest absolute Gasteiger partial charge is 0.236 e. The molecule has 1 saturated heterocycles. The van der Waals surface area contributed by atoms with Crippen LogP contribution >= 0.6 is 11.3 Å². The van der Waals surface area contributed by atoms with E-state index in [4.69, 9.17) is 11.3 Å². The van der Waals surface area contributed by atoms with Gasteiger partial charge in [0, 0.05) is 30.3 Å². The van der Waals surface area contributed by atoms with E-state index in [9.17, 15) is 4.79 Å². The van der Waals surface area contributed by atoms with Gasteiger partial charge in [-0.1, -0.05) is 35.6 Å². The molecule has 0 radical (unpaired) electrons. The first-order valence-corrected chi connectivity index (χ1v) is 13.5. The molecular weight excluding hydrogens is 470 g/mol. The first kappa shape index (κ1) is 24.4. The molecule has 2 heterocycles. The van der Waals surface area contributed by atoms with Crippen molar-refractivity contribution >= 4 is 22.9 Å². The summed E-state index contributed by atoms with van der Waals surface area (Å²) in [7, 11) is 0.